The third kappa shape index (κ3) is 3.04. The van der Waals surface area contributed by atoms with Crippen molar-refractivity contribution < 1.29 is 13.2 Å². The Balaban J connectivity index is 1.84. The van der Waals surface area contributed by atoms with Crippen LogP contribution in [0.2, 0.25) is 0 Å². The maximum absolute atomic E-state index is 12.7. The Morgan fingerprint density at radius 3 is 2.55 bits per heavy atom. The van der Waals surface area contributed by atoms with Crippen molar-refractivity contribution in [3.05, 3.63) is 42.0 Å². The molecule has 0 radical (unpaired) electrons. The average molecular weight is 308 g/mol. The zero-order valence-electron chi connectivity index (χ0n) is 11.7. The molecule has 1 atom stereocenters. The van der Waals surface area contributed by atoms with Gasteiger partial charge in [0.15, 0.2) is 5.82 Å². The van der Waals surface area contributed by atoms with Gasteiger partial charge in [-0.25, -0.2) is 0 Å². The van der Waals surface area contributed by atoms with E-state index in [9.17, 15) is 13.2 Å². The predicted molar refractivity (Wildman–Crippen MR) is 77.3 cm³/mol. The maximum atomic E-state index is 12.7. The average Bonchev–Trinajstić information content (AvgIpc) is 2.93. The minimum absolute atomic E-state index is 0.130. The molecule has 2 aromatic rings. The Morgan fingerprint density at radius 1 is 1.14 bits per heavy atom. The van der Waals surface area contributed by atoms with Gasteiger partial charge in [-0.05, 0) is 30.7 Å². The third-order valence-electron chi connectivity index (χ3n) is 3.68. The molecule has 0 amide bonds. The van der Waals surface area contributed by atoms with Crippen LogP contribution < -0.4 is 10.6 Å². The van der Waals surface area contributed by atoms with Gasteiger partial charge in [-0.3, -0.25) is 0 Å². The number of aromatic nitrogens is 2. The minimum Gasteiger partial charge on any atom is -0.354 e. The molecule has 2 heterocycles. The molecule has 2 N–H and O–H groups in total. The van der Waals surface area contributed by atoms with Gasteiger partial charge in [0.2, 0.25) is 0 Å². The van der Waals surface area contributed by atoms with Crippen LogP contribution in [0.5, 0.6) is 0 Å². The fraction of sp³-hybridized carbons (Fsp3) is 0.333. The molecule has 116 valence electrons. The second kappa shape index (κ2) is 5.57. The zero-order valence-corrected chi connectivity index (χ0v) is 11.7. The van der Waals surface area contributed by atoms with E-state index in [2.05, 4.69) is 10.2 Å². The van der Waals surface area contributed by atoms with Gasteiger partial charge < -0.3 is 10.6 Å². The maximum Gasteiger partial charge on any atom is 0.416 e. The number of anilines is 1. The molecule has 1 aromatic carbocycles. The van der Waals surface area contributed by atoms with E-state index < -0.39 is 11.7 Å². The van der Waals surface area contributed by atoms with Crippen LogP contribution in [0.4, 0.5) is 19.0 Å². The number of alkyl halides is 3. The smallest absolute Gasteiger partial charge is 0.354 e. The van der Waals surface area contributed by atoms with Crippen LogP contribution in [0.3, 0.4) is 0 Å². The van der Waals surface area contributed by atoms with Crippen molar-refractivity contribution in [3.63, 3.8) is 0 Å². The van der Waals surface area contributed by atoms with Gasteiger partial charge in [0.25, 0.3) is 0 Å². The molecule has 7 heteroatoms. The van der Waals surface area contributed by atoms with Crippen LogP contribution in [0.15, 0.2) is 36.4 Å². The summed E-state index contributed by atoms with van der Waals surface area (Å²) in [7, 11) is 0. The van der Waals surface area contributed by atoms with Crippen molar-refractivity contribution in [3.8, 4) is 11.3 Å². The van der Waals surface area contributed by atoms with Crippen molar-refractivity contribution in [2.24, 2.45) is 5.73 Å². The number of nitrogens with zero attached hydrogens (tertiary/aromatic N) is 3. The van der Waals surface area contributed by atoms with E-state index in [0.717, 1.165) is 31.6 Å². The molecule has 1 aliphatic rings. The van der Waals surface area contributed by atoms with Gasteiger partial charge in [-0.15, -0.1) is 10.2 Å². The molecule has 4 nitrogen and oxygen atoms in total. The van der Waals surface area contributed by atoms with Crippen molar-refractivity contribution in [1.82, 2.24) is 10.2 Å². The Bertz CT molecular complexity index is 655. The highest BCUT2D eigenvalue weighted by Crippen LogP contribution is 2.31. The predicted octanol–water partition coefficient (Wildman–Crippen LogP) is 2.70. The fourth-order valence-electron chi connectivity index (χ4n) is 2.50. The molecule has 1 aliphatic heterocycles. The summed E-state index contributed by atoms with van der Waals surface area (Å²) in [6, 6.07) is 8.65. The van der Waals surface area contributed by atoms with E-state index in [1.54, 1.807) is 18.2 Å². The van der Waals surface area contributed by atoms with Crippen LogP contribution in [-0.2, 0) is 6.18 Å². The van der Waals surface area contributed by atoms with Crippen LogP contribution in [0.1, 0.15) is 12.0 Å². The van der Waals surface area contributed by atoms with Crippen molar-refractivity contribution in [2.75, 3.05) is 18.0 Å². The lowest BCUT2D eigenvalue weighted by molar-refractivity contribution is -0.137. The molecule has 0 spiro atoms. The highest BCUT2D eigenvalue weighted by atomic mass is 19.4. The summed E-state index contributed by atoms with van der Waals surface area (Å²) < 4.78 is 38.2. The number of hydrogen-bond acceptors (Lipinski definition) is 4. The number of benzene rings is 1. The zero-order chi connectivity index (χ0) is 15.7. The summed E-state index contributed by atoms with van der Waals surface area (Å²) in [4.78, 5) is 2.02. The van der Waals surface area contributed by atoms with Gasteiger partial charge in [0.1, 0.15) is 0 Å². The highest BCUT2D eigenvalue weighted by Gasteiger charge is 2.30. The van der Waals surface area contributed by atoms with Gasteiger partial charge in [-0.2, -0.15) is 13.2 Å². The first kappa shape index (κ1) is 14.8. The summed E-state index contributed by atoms with van der Waals surface area (Å²) in [5.41, 5.74) is 5.96. The Kier molecular flexibility index (Phi) is 3.74. The minimum atomic E-state index is -4.37. The Hall–Kier alpha value is -2.15. The van der Waals surface area contributed by atoms with E-state index in [4.69, 9.17) is 5.73 Å². The van der Waals surface area contributed by atoms with E-state index in [-0.39, 0.29) is 6.04 Å². The lowest BCUT2D eigenvalue weighted by atomic mass is 10.1. The van der Waals surface area contributed by atoms with E-state index in [1.165, 1.54) is 6.07 Å². The lowest BCUT2D eigenvalue weighted by Gasteiger charge is -2.16. The van der Waals surface area contributed by atoms with Crippen LogP contribution >= 0.6 is 0 Å². The van der Waals surface area contributed by atoms with Crippen LogP contribution in [0, 0.1) is 0 Å². The van der Waals surface area contributed by atoms with Gasteiger partial charge in [-0.1, -0.05) is 12.1 Å². The largest absolute Gasteiger partial charge is 0.416 e. The van der Waals surface area contributed by atoms with E-state index in [1.807, 2.05) is 4.90 Å². The molecule has 0 saturated carbocycles. The Morgan fingerprint density at radius 2 is 1.95 bits per heavy atom. The topological polar surface area (TPSA) is 55.0 Å². The van der Waals surface area contributed by atoms with Crippen molar-refractivity contribution in [2.45, 2.75) is 18.6 Å². The normalized spacial score (nSPS) is 18.7. The Labute approximate surface area is 125 Å². The van der Waals surface area contributed by atoms with Crippen molar-refractivity contribution >= 4 is 5.82 Å². The van der Waals surface area contributed by atoms with Gasteiger partial charge >= 0.3 is 6.18 Å². The summed E-state index contributed by atoms with van der Waals surface area (Å²) in [6.45, 7) is 1.54. The number of hydrogen-bond donors (Lipinski definition) is 1. The first-order chi connectivity index (χ1) is 10.4. The first-order valence-corrected chi connectivity index (χ1v) is 6.95. The summed E-state index contributed by atoms with van der Waals surface area (Å²) in [5.74, 6) is 0.698. The quantitative estimate of drug-likeness (QED) is 0.927. The molecule has 0 aliphatic carbocycles. The highest BCUT2D eigenvalue weighted by molar-refractivity contribution is 5.61. The number of halogens is 3. The molecule has 0 bridgehead atoms. The van der Waals surface area contributed by atoms with Gasteiger partial charge in [0.05, 0.1) is 11.3 Å². The molecule has 1 unspecified atom stereocenters. The molecule has 3 rings (SSSR count). The summed E-state index contributed by atoms with van der Waals surface area (Å²) in [5, 5.41) is 8.14. The van der Waals surface area contributed by atoms with Gasteiger partial charge in [0, 0.05) is 24.7 Å². The second-order valence-corrected chi connectivity index (χ2v) is 5.35. The summed E-state index contributed by atoms with van der Waals surface area (Å²) >= 11 is 0. The second-order valence-electron chi connectivity index (χ2n) is 5.35. The molecule has 1 fully saturated rings. The fourth-order valence-corrected chi connectivity index (χ4v) is 2.50. The molecular formula is C15H15F3N4. The first-order valence-electron chi connectivity index (χ1n) is 6.95. The number of rotatable bonds is 2. The lowest BCUT2D eigenvalue weighted by Crippen LogP contribution is -2.27. The van der Waals surface area contributed by atoms with Crippen LogP contribution in [0.25, 0.3) is 11.3 Å². The van der Waals surface area contributed by atoms with Crippen LogP contribution in [-0.4, -0.2) is 29.3 Å². The molecule has 1 saturated heterocycles. The third-order valence-corrected chi connectivity index (χ3v) is 3.68. The van der Waals surface area contributed by atoms with Crippen molar-refractivity contribution in [1.29, 1.82) is 0 Å². The van der Waals surface area contributed by atoms with E-state index in [0.29, 0.717) is 17.1 Å². The summed E-state index contributed by atoms with van der Waals surface area (Å²) in [6.07, 6.45) is -3.47. The standard InChI is InChI=1S/C15H15F3N4/c16-15(17,18)11-3-1-2-10(8-11)13-4-5-14(21-20-13)22-7-6-12(19)9-22/h1-5,8,12H,6-7,9,19H2. The number of nitrogens with two attached hydrogens (primary N) is 1. The molecule has 22 heavy (non-hydrogen) atoms. The molecule has 1 aromatic heterocycles. The monoisotopic (exact) mass is 308 g/mol. The SMILES string of the molecule is NC1CCN(c2ccc(-c3cccc(C(F)(F)F)c3)nn2)C1. The van der Waals surface area contributed by atoms with E-state index >= 15 is 0 Å². The molecular weight excluding hydrogens is 293 g/mol.